The molecular weight excluding hydrogens is 171 g/mol. The number of hydrogen-bond donors (Lipinski definition) is 3. The Balaban J connectivity index is 0.00000144. The van der Waals surface area contributed by atoms with Crippen molar-refractivity contribution in [2.75, 3.05) is 0 Å². The standard InChI is InChI=1S/C7H10O5.Li/c8-4-1-3(7(11)12)2-5(9)6(4)10;/h1,3,5-6,8-10H,2H2,(H,11,12);/q;+1/p-1. The minimum Gasteiger partial charge on any atom is -0.550 e. The number of aliphatic carboxylic acids is 1. The molecule has 0 amide bonds. The van der Waals surface area contributed by atoms with E-state index in [0.717, 1.165) is 6.08 Å². The molecular formula is C7H9LiO5. The van der Waals surface area contributed by atoms with Crippen molar-refractivity contribution in [3.63, 3.8) is 0 Å². The Morgan fingerprint density at radius 1 is 1.54 bits per heavy atom. The van der Waals surface area contributed by atoms with Gasteiger partial charge in [0.15, 0.2) is 0 Å². The second-order valence-electron chi connectivity index (χ2n) is 2.76. The molecule has 0 aromatic carbocycles. The topological polar surface area (TPSA) is 101 Å². The van der Waals surface area contributed by atoms with Crippen LogP contribution in [0, 0.1) is 5.92 Å². The van der Waals surface area contributed by atoms with Crippen LogP contribution in [0.4, 0.5) is 0 Å². The molecule has 3 N–H and O–H groups in total. The van der Waals surface area contributed by atoms with Crippen molar-refractivity contribution in [3.05, 3.63) is 11.8 Å². The Kier molecular flexibility index (Phi) is 4.51. The molecule has 13 heavy (non-hydrogen) atoms. The van der Waals surface area contributed by atoms with Crippen molar-refractivity contribution in [2.24, 2.45) is 5.92 Å². The first kappa shape index (κ1) is 12.5. The molecule has 0 aromatic heterocycles. The summed E-state index contributed by atoms with van der Waals surface area (Å²) in [6.07, 6.45) is -1.77. The molecule has 0 saturated heterocycles. The minimum absolute atomic E-state index is 0. The van der Waals surface area contributed by atoms with Gasteiger partial charge in [0.2, 0.25) is 0 Å². The van der Waals surface area contributed by atoms with Crippen LogP contribution in [0.3, 0.4) is 0 Å². The van der Waals surface area contributed by atoms with E-state index in [1.54, 1.807) is 0 Å². The van der Waals surface area contributed by atoms with Crippen LogP contribution in [0.25, 0.3) is 0 Å². The summed E-state index contributed by atoms with van der Waals surface area (Å²) in [5.74, 6) is -2.90. The van der Waals surface area contributed by atoms with Gasteiger partial charge in [0, 0.05) is 11.9 Å². The third-order valence-corrected chi connectivity index (χ3v) is 1.84. The van der Waals surface area contributed by atoms with Crippen LogP contribution < -0.4 is 24.0 Å². The fraction of sp³-hybridized carbons (Fsp3) is 0.571. The van der Waals surface area contributed by atoms with Gasteiger partial charge in [-0.3, -0.25) is 0 Å². The molecule has 1 rings (SSSR count). The van der Waals surface area contributed by atoms with E-state index < -0.39 is 29.9 Å². The van der Waals surface area contributed by atoms with Gasteiger partial charge in [-0.05, 0) is 12.5 Å². The van der Waals surface area contributed by atoms with Crippen molar-refractivity contribution in [2.45, 2.75) is 18.6 Å². The van der Waals surface area contributed by atoms with E-state index >= 15 is 0 Å². The summed E-state index contributed by atoms with van der Waals surface area (Å²) in [5.41, 5.74) is 0. The first-order valence-corrected chi connectivity index (χ1v) is 3.50. The van der Waals surface area contributed by atoms with Gasteiger partial charge in [-0.25, -0.2) is 0 Å². The Hall–Kier alpha value is -0.473. The SMILES string of the molecule is O=C([O-])C1C=C(O)C(O)C(O)C1.[Li+]. The molecule has 0 heterocycles. The van der Waals surface area contributed by atoms with E-state index in [9.17, 15) is 9.90 Å². The fourth-order valence-electron chi connectivity index (χ4n) is 1.12. The summed E-state index contributed by atoms with van der Waals surface area (Å²) in [4.78, 5) is 10.3. The van der Waals surface area contributed by atoms with E-state index in [0.29, 0.717) is 0 Å². The molecule has 0 spiro atoms. The van der Waals surface area contributed by atoms with Crippen LogP contribution in [0.1, 0.15) is 6.42 Å². The predicted octanol–water partition coefficient (Wildman–Crippen LogP) is -5.08. The maximum absolute atomic E-state index is 10.3. The molecule has 1 aliphatic carbocycles. The monoisotopic (exact) mass is 180 g/mol. The van der Waals surface area contributed by atoms with Crippen molar-refractivity contribution in [3.8, 4) is 0 Å². The first-order valence-electron chi connectivity index (χ1n) is 3.50. The van der Waals surface area contributed by atoms with Gasteiger partial charge in [0.05, 0.1) is 6.10 Å². The Morgan fingerprint density at radius 3 is 2.46 bits per heavy atom. The number of carboxylic acid groups (broad SMARTS) is 1. The Labute approximate surface area is 86.9 Å². The van der Waals surface area contributed by atoms with Gasteiger partial charge in [-0.2, -0.15) is 0 Å². The molecule has 0 bridgehead atoms. The number of carbonyl (C=O) groups excluding carboxylic acids is 1. The molecule has 0 radical (unpaired) electrons. The molecule has 68 valence electrons. The van der Waals surface area contributed by atoms with E-state index in [-0.39, 0.29) is 25.3 Å². The second kappa shape index (κ2) is 4.68. The molecule has 1 aliphatic rings. The predicted molar refractivity (Wildman–Crippen MR) is 35.8 cm³/mol. The van der Waals surface area contributed by atoms with Gasteiger partial charge in [0.25, 0.3) is 0 Å². The van der Waals surface area contributed by atoms with Gasteiger partial charge >= 0.3 is 18.9 Å². The van der Waals surface area contributed by atoms with Gasteiger partial charge < -0.3 is 25.2 Å². The minimum atomic E-state index is -1.37. The average molecular weight is 180 g/mol. The zero-order valence-corrected chi connectivity index (χ0v) is 7.17. The van der Waals surface area contributed by atoms with Crippen molar-refractivity contribution in [1.29, 1.82) is 0 Å². The molecule has 5 nitrogen and oxygen atoms in total. The van der Waals surface area contributed by atoms with Crippen molar-refractivity contribution < 1.29 is 44.1 Å². The summed E-state index contributed by atoms with van der Waals surface area (Å²) >= 11 is 0. The number of rotatable bonds is 1. The number of aliphatic hydroxyl groups excluding tert-OH is 3. The quantitative estimate of drug-likeness (QED) is 0.350. The molecule has 0 fully saturated rings. The smallest absolute Gasteiger partial charge is 0.550 e. The fourth-order valence-corrected chi connectivity index (χ4v) is 1.12. The maximum atomic E-state index is 10.3. The van der Waals surface area contributed by atoms with Crippen LogP contribution in [0.5, 0.6) is 0 Å². The molecule has 3 atom stereocenters. The molecule has 3 unspecified atom stereocenters. The molecule has 0 aliphatic heterocycles. The van der Waals surface area contributed by atoms with Crippen LogP contribution in [0.15, 0.2) is 11.8 Å². The summed E-state index contributed by atoms with van der Waals surface area (Å²) in [7, 11) is 0. The summed E-state index contributed by atoms with van der Waals surface area (Å²) in [5, 5.41) is 37.2. The summed E-state index contributed by atoms with van der Waals surface area (Å²) in [6.45, 7) is 0. The van der Waals surface area contributed by atoms with Crippen LogP contribution >= 0.6 is 0 Å². The van der Waals surface area contributed by atoms with Crippen molar-refractivity contribution in [1.82, 2.24) is 0 Å². The maximum Gasteiger partial charge on any atom is 1.00 e. The molecule has 0 aromatic rings. The van der Waals surface area contributed by atoms with Gasteiger partial charge in [-0.1, -0.05) is 0 Å². The van der Waals surface area contributed by atoms with Gasteiger partial charge in [-0.15, -0.1) is 0 Å². The van der Waals surface area contributed by atoms with E-state index in [2.05, 4.69) is 0 Å². The zero-order chi connectivity index (χ0) is 9.30. The van der Waals surface area contributed by atoms with E-state index in [1.165, 1.54) is 0 Å². The van der Waals surface area contributed by atoms with E-state index in [4.69, 9.17) is 15.3 Å². The summed E-state index contributed by atoms with van der Waals surface area (Å²) in [6, 6.07) is 0. The number of carbonyl (C=O) groups is 1. The number of carboxylic acids is 1. The summed E-state index contributed by atoms with van der Waals surface area (Å²) < 4.78 is 0. The largest absolute Gasteiger partial charge is 1.00 e. The number of aliphatic hydroxyl groups is 3. The zero-order valence-electron chi connectivity index (χ0n) is 7.17. The number of hydrogen-bond acceptors (Lipinski definition) is 5. The second-order valence-corrected chi connectivity index (χ2v) is 2.76. The molecule has 6 heteroatoms. The van der Waals surface area contributed by atoms with Crippen LogP contribution in [-0.2, 0) is 4.79 Å². The Morgan fingerprint density at radius 2 is 2.08 bits per heavy atom. The molecule has 0 saturated carbocycles. The third-order valence-electron chi connectivity index (χ3n) is 1.84. The normalized spacial score (nSPS) is 33.1. The van der Waals surface area contributed by atoms with E-state index in [1.807, 2.05) is 0 Å². The third kappa shape index (κ3) is 2.74. The van der Waals surface area contributed by atoms with Gasteiger partial charge in [0.1, 0.15) is 11.9 Å². The van der Waals surface area contributed by atoms with Crippen LogP contribution in [0.2, 0.25) is 0 Å². The van der Waals surface area contributed by atoms with Crippen molar-refractivity contribution >= 4 is 5.97 Å². The van der Waals surface area contributed by atoms with Crippen LogP contribution in [-0.4, -0.2) is 33.5 Å². The Bertz CT molecular complexity index is 227. The first-order chi connectivity index (χ1) is 5.52. The average Bonchev–Trinajstić information content (AvgIpc) is 1.99.